The first-order valence-electron chi connectivity index (χ1n) is 10.4. The van der Waals surface area contributed by atoms with Crippen LogP contribution in [-0.2, 0) is 9.53 Å². The summed E-state index contributed by atoms with van der Waals surface area (Å²) in [5.41, 5.74) is 4.93. The SMILES string of the molecule is O=C(O)[C@H]1CSC(c2c(Cl)cccc2Cl)N1C(=O)OCC1c2ccccc2-c2ccccc21. The van der Waals surface area contributed by atoms with E-state index in [-0.39, 0.29) is 18.3 Å². The summed E-state index contributed by atoms with van der Waals surface area (Å²) in [6.45, 7) is 0.101. The largest absolute Gasteiger partial charge is 0.480 e. The Bertz CT molecular complexity index is 1180. The maximum atomic E-state index is 13.3. The van der Waals surface area contributed by atoms with Crippen molar-refractivity contribution in [1.29, 1.82) is 0 Å². The van der Waals surface area contributed by atoms with Crippen molar-refractivity contribution in [3.63, 3.8) is 0 Å². The lowest BCUT2D eigenvalue weighted by atomic mass is 9.98. The maximum absolute atomic E-state index is 13.3. The zero-order chi connectivity index (χ0) is 23.1. The van der Waals surface area contributed by atoms with E-state index in [2.05, 4.69) is 12.1 Å². The van der Waals surface area contributed by atoms with Crippen molar-refractivity contribution in [3.8, 4) is 11.1 Å². The summed E-state index contributed by atoms with van der Waals surface area (Å²) in [6.07, 6.45) is -0.699. The molecule has 0 aromatic heterocycles. The highest BCUT2D eigenvalue weighted by Crippen LogP contribution is 2.48. The van der Waals surface area contributed by atoms with E-state index in [0.29, 0.717) is 15.6 Å². The molecule has 1 aliphatic heterocycles. The number of halogens is 2. The Labute approximate surface area is 205 Å². The third kappa shape index (κ3) is 3.86. The molecule has 1 N–H and O–H groups in total. The number of ether oxygens (including phenoxy) is 1. The molecule has 2 atom stereocenters. The van der Waals surface area contributed by atoms with Gasteiger partial charge < -0.3 is 9.84 Å². The standard InChI is InChI=1S/C25H19Cl2NO4S/c26-19-10-5-11-20(27)22(19)23-28(21(13-33-23)24(29)30)25(31)32-12-18-16-8-3-1-6-14(16)15-7-2-4-9-17(15)18/h1-11,18,21,23H,12-13H2,(H,29,30)/t21-,23?/m1/s1. The first kappa shape index (κ1) is 22.1. The highest BCUT2D eigenvalue weighted by molar-refractivity contribution is 7.99. The van der Waals surface area contributed by atoms with Gasteiger partial charge in [-0.3, -0.25) is 4.90 Å². The zero-order valence-corrected chi connectivity index (χ0v) is 19.6. The molecule has 3 aromatic rings. The lowest BCUT2D eigenvalue weighted by Gasteiger charge is -2.28. The molecule has 0 radical (unpaired) electrons. The van der Waals surface area contributed by atoms with Crippen molar-refractivity contribution in [1.82, 2.24) is 4.90 Å². The van der Waals surface area contributed by atoms with Crippen LogP contribution in [0.1, 0.15) is 28.0 Å². The number of fused-ring (bicyclic) bond motifs is 3. The molecule has 0 bridgehead atoms. The average Bonchev–Trinajstić information content (AvgIpc) is 3.38. The fourth-order valence-electron chi connectivity index (χ4n) is 4.56. The van der Waals surface area contributed by atoms with Crippen LogP contribution in [0, 0.1) is 0 Å². The van der Waals surface area contributed by atoms with Gasteiger partial charge in [-0.05, 0) is 34.4 Å². The summed E-state index contributed by atoms with van der Waals surface area (Å²) in [7, 11) is 0. The van der Waals surface area contributed by atoms with E-state index in [1.165, 1.54) is 16.7 Å². The van der Waals surface area contributed by atoms with Gasteiger partial charge in [0.25, 0.3) is 0 Å². The van der Waals surface area contributed by atoms with Crippen LogP contribution in [0.15, 0.2) is 66.7 Å². The van der Waals surface area contributed by atoms with Crippen LogP contribution < -0.4 is 0 Å². The molecule has 5 nitrogen and oxygen atoms in total. The predicted octanol–water partition coefficient (Wildman–Crippen LogP) is 6.44. The molecule has 2 aliphatic rings. The Morgan fingerprint density at radius 2 is 1.52 bits per heavy atom. The van der Waals surface area contributed by atoms with E-state index in [1.54, 1.807) is 18.2 Å². The highest BCUT2D eigenvalue weighted by atomic mass is 35.5. The Morgan fingerprint density at radius 1 is 0.939 bits per heavy atom. The van der Waals surface area contributed by atoms with Crippen molar-refractivity contribution in [2.45, 2.75) is 17.3 Å². The number of aliphatic carboxylic acids is 1. The van der Waals surface area contributed by atoms with Gasteiger partial charge in [0.15, 0.2) is 0 Å². The quantitative estimate of drug-likeness (QED) is 0.447. The number of nitrogens with zero attached hydrogens (tertiary/aromatic N) is 1. The van der Waals surface area contributed by atoms with Crippen LogP contribution >= 0.6 is 35.0 Å². The summed E-state index contributed by atoms with van der Waals surface area (Å²) >= 11 is 14.1. The minimum Gasteiger partial charge on any atom is -0.480 e. The summed E-state index contributed by atoms with van der Waals surface area (Å²) in [5.74, 6) is -1.00. The number of benzene rings is 3. The Balaban J connectivity index is 1.43. The van der Waals surface area contributed by atoms with Gasteiger partial charge in [-0.25, -0.2) is 9.59 Å². The van der Waals surface area contributed by atoms with Gasteiger partial charge in [0.1, 0.15) is 18.0 Å². The van der Waals surface area contributed by atoms with Gasteiger partial charge >= 0.3 is 12.1 Å². The molecule has 5 rings (SSSR count). The van der Waals surface area contributed by atoms with Gasteiger partial charge in [0.05, 0.1) is 0 Å². The van der Waals surface area contributed by atoms with Crippen molar-refractivity contribution in [2.75, 3.05) is 12.4 Å². The fourth-order valence-corrected chi connectivity index (χ4v) is 6.77. The second-order valence-electron chi connectivity index (χ2n) is 7.89. The van der Waals surface area contributed by atoms with Crippen LogP contribution in [0.4, 0.5) is 4.79 Å². The van der Waals surface area contributed by atoms with Gasteiger partial charge in [-0.2, -0.15) is 0 Å². The van der Waals surface area contributed by atoms with E-state index in [9.17, 15) is 14.7 Å². The maximum Gasteiger partial charge on any atom is 0.411 e. The number of carbonyl (C=O) groups is 2. The lowest BCUT2D eigenvalue weighted by Crippen LogP contribution is -2.43. The van der Waals surface area contributed by atoms with Gasteiger partial charge in [-0.1, -0.05) is 77.8 Å². The molecule has 1 aliphatic carbocycles. The third-order valence-corrected chi connectivity index (χ3v) is 8.02. The molecule has 1 unspecified atom stereocenters. The summed E-state index contributed by atoms with van der Waals surface area (Å²) in [5, 5.41) is 9.85. The van der Waals surface area contributed by atoms with E-state index in [0.717, 1.165) is 22.3 Å². The zero-order valence-electron chi connectivity index (χ0n) is 17.3. The van der Waals surface area contributed by atoms with E-state index >= 15 is 0 Å². The Kier molecular flexibility index (Phi) is 5.99. The highest BCUT2D eigenvalue weighted by Gasteiger charge is 2.45. The van der Waals surface area contributed by atoms with E-state index in [4.69, 9.17) is 27.9 Å². The topological polar surface area (TPSA) is 66.8 Å². The fraction of sp³-hybridized carbons (Fsp3) is 0.200. The molecule has 1 heterocycles. The molecule has 0 saturated carbocycles. The summed E-state index contributed by atoms with van der Waals surface area (Å²) in [4.78, 5) is 26.5. The predicted molar refractivity (Wildman–Crippen MR) is 130 cm³/mol. The van der Waals surface area contributed by atoms with Gasteiger partial charge in [-0.15, -0.1) is 11.8 Å². The normalized spacial score (nSPS) is 19.3. The van der Waals surface area contributed by atoms with E-state index < -0.39 is 23.5 Å². The van der Waals surface area contributed by atoms with Crippen molar-refractivity contribution >= 4 is 47.0 Å². The van der Waals surface area contributed by atoms with Crippen LogP contribution in [0.5, 0.6) is 0 Å². The van der Waals surface area contributed by atoms with Crippen LogP contribution in [-0.4, -0.2) is 40.5 Å². The monoisotopic (exact) mass is 499 g/mol. The second kappa shape index (κ2) is 8.93. The average molecular weight is 500 g/mol. The smallest absolute Gasteiger partial charge is 0.411 e. The number of hydrogen-bond donors (Lipinski definition) is 1. The lowest BCUT2D eigenvalue weighted by molar-refractivity contribution is -0.141. The number of rotatable bonds is 4. The first-order valence-corrected chi connectivity index (χ1v) is 12.2. The van der Waals surface area contributed by atoms with Crippen LogP contribution in [0.2, 0.25) is 10.0 Å². The number of thioether (sulfide) groups is 1. The second-order valence-corrected chi connectivity index (χ2v) is 9.81. The molecule has 168 valence electrons. The minimum atomic E-state index is -1.10. The molecule has 33 heavy (non-hydrogen) atoms. The van der Waals surface area contributed by atoms with Gasteiger partial charge in [0, 0.05) is 27.3 Å². The van der Waals surface area contributed by atoms with E-state index in [1.807, 2.05) is 36.4 Å². The summed E-state index contributed by atoms with van der Waals surface area (Å²) in [6, 6.07) is 20.1. The Hall–Kier alpha value is -2.67. The number of carbonyl (C=O) groups excluding carboxylic acids is 1. The number of amides is 1. The molecule has 1 amide bonds. The number of carboxylic acids is 1. The molecular weight excluding hydrogens is 481 g/mol. The summed E-state index contributed by atoms with van der Waals surface area (Å²) < 4.78 is 5.76. The Morgan fingerprint density at radius 3 is 2.09 bits per heavy atom. The molecule has 1 fully saturated rings. The molecule has 8 heteroatoms. The number of hydrogen-bond acceptors (Lipinski definition) is 4. The molecule has 0 spiro atoms. The van der Waals surface area contributed by atoms with Crippen LogP contribution in [0.3, 0.4) is 0 Å². The van der Waals surface area contributed by atoms with Gasteiger partial charge in [0.2, 0.25) is 0 Å². The van der Waals surface area contributed by atoms with Crippen molar-refractivity contribution < 1.29 is 19.4 Å². The molecular formula is C25H19Cl2NO4S. The van der Waals surface area contributed by atoms with Crippen molar-refractivity contribution in [2.24, 2.45) is 0 Å². The molecule has 1 saturated heterocycles. The van der Waals surface area contributed by atoms with Crippen molar-refractivity contribution in [3.05, 3.63) is 93.5 Å². The molecule has 3 aromatic carbocycles. The number of carboxylic acid groups (broad SMARTS) is 1. The third-order valence-electron chi connectivity index (χ3n) is 6.08. The first-order chi connectivity index (χ1) is 16.0. The minimum absolute atomic E-state index is 0.101. The van der Waals surface area contributed by atoms with Crippen LogP contribution in [0.25, 0.3) is 11.1 Å².